The third kappa shape index (κ3) is 2.25. The van der Waals surface area contributed by atoms with E-state index in [4.69, 9.17) is 9.73 Å². The molecule has 3 amide bonds. The Bertz CT molecular complexity index is 791. The molecule has 3 heterocycles. The van der Waals surface area contributed by atoms with Crippen LogP contribution in [0.1, 0.15) is 0 Å². The molecule has 3 aliphatic rings. The van der Waals surface area contributed by atoms with Crippen LogP contribution in [0.3, 0.4) is 0 Å². The maximum absolute atomic E-state index is 12.9. The molecule has 0 N–H and O–H groups in total. The van der Waals surface area contributed by atoms with Crippen LogP contribution >= 0.6 is 0 Å². The van der Waals surface area contributed by atoms with Crippen LogP contribution in [0.5, 0.6) is 5.75 Å². The van der Waals surface area contributed by atoms with Gasteiger partial charge in [-0.25, -0.2) is 9.79 Å². The molecule has 2 unspecified atom stereocenters. The molecule has 4 rings (SSSR count). The highest BCUT2D eigenvalue weighted by Gasteiger charge is 2.54. The van der Waals surface area contributed by atoms with E-state index in [1.54, 1.807) is 20.2 Å². The van der Waals surface area contributed by atoms with Gasteiger partial charge >= 0.3 is 6.03 Å². The molecule has 136 valence electrons. The molecular weight excluding hydrogens is 334 g/mol. The summed E-state index contributed by atoms with van der Waals surface area (Å²) in [6.45, 7) is 5.27. The standard InChI is InChI=1S/C18H21N5O3/c1-4-9-23-16(24)14-15(20(2)18(23)25)19-17-21(10-11-22(14)17)12-5-7-13(26-3)8-6-12/h4-8,14-15H,1,9-11H2,2-3H3. The molecule has 2 fully saturated rings. The van der Waals surface area contributed by atoms with Gasteiger partial charge in [0.15, 0.2) is 12.2 Å². The molecule has 3 aliphatic heterocycles. The van der Waals surface area contributed by atoms with E-state index in [0.29, 0.717) is 6.54 Å². The third-order valence-corrected chi connectivity index (χ3v) is 5.07. The molecule has 0 bridgehead atoms. The second-order valence-electron chi connectivity index (χ2n) is 6.46. The van der Waals surface area contributed by atoms with E-state index >= 15 is 0 Å². The Morgan fingerprint density at radius 2 is 2.00 bits per heavy atom. The van der Waals surface area contributed by atoms with Gasteiger partial charge in [0.1, 0.15) is 5.75 Å². The molecular formula is C18H21N5O3. The van der Waals surface area contributed by atoms with Crippen LogP contribution < -0.4 is 9.64 Å². The van der Waals surface area contributed by atoms with E-state index in [2.05, 4.69) is 11.5 Å². The second kappa shape index (κ2) is 6.05. The smallest absolute Gasteiger partial charge is 0.328 e. The van der Waals surface area contributed by atoms with Gasteiger partial charge in [0.2, 0.25) is 5.96 Å². The van der Waals surface area contributed by atoms with Gasteiger partial charge in [-0.3, -0.25) is 9.69 Å². The number of ether oxygens (including phenoxy) is 1. The topological polar surface area (TPSA) is 68.7 Å². The lowest BCUT2D eigenvalue weighted by Crippen LogP contribution is -2.64. The highest BCUT2D eigenvalue weighted by molar-refractivity contribution is 6.08. The van der Waals surface area contributed by atoms with Gasteiger partial charge in [-0.05, 0) is 24.3 Å². The Hall–Kier alpha value is -3.03. The lowest BCUT2D eigenvalue weighted by Gasteiger charge is -2.40. The number of benzene rings is 1. The number of anilines is 1. The number of aliphatic imine (C=N–C) groups is 1. The van der Waals surface area contributed by atoms with Crippen molar-refractivity contribution in [1.82, 2.24) is 14.7 Å². The number of methoxy groups -OCH3 is 1. The molecule has 0 saturated carbocycles. The molecule has 8 nitrogen and oxygen atoms in total. The van der Waals surface area contributed by atoms with Crippen molar-refractivity contribution in [1.29, 1.82) is 0 Å². The van der Waals surface area contributed by atoms with Crippen molar-refractivity contribution >= 4 is 23.6 Å². The number of hydrogen-bond donors (Lipinski definition) is 0. The Morgan fingerprint density at radius 3 is 2.65 bits per heavy atom. The van der Waals surface area contributed by atoms with Crippen LogP contribution in [0.4, 0.5) is 10.5 Å². The molecule has 1 aromatic carbocycles. The number of likely N-dealkylation sites (N-methyl/N-ethyl adjacent to an activating group) is 1. The maximum Gasteiger partial charge on any atom is 0.328 e. The summed E-state index contributed by atoms with van der Waals surface area (Å²) in [7, 11) is 3.32. The summed E-state index contributed by atoms with van der Waals surface area (Å²) >= 11 is 0. The summed E-state index contributed by atoms with van der Waals surface area (Å²) in [6, 6.07) is 6.91. The second-order valence-corrected chi connectivity index (χ2v) is 6.46. The van der Waals surface area contributed by atoms with Crippen molar-refractivity contribution < 1.29 is 14.3 Å². The maximum atomic E-state index is 12.9. The first-order valence-corrected chi connectivity index (χ1v) is 8.52. The van der Waals surface area contributed by atoms with E-state index in [9.17, 15) is 9.59 Å². The molecule has 2 saturated heterocycles. The summed E-state index contributed by atoms with van der Waals surface area (Å²) in [5.74, 6) is 1.30. The monoisotopic (exact) mass is 355 g/mol. The zero-order valence-corrected chi connectivity index (χ0v) is 14.8. The minimum atomic E-state index is -0.493. The predicted octanol–water partition coefficient (Wildman–Crippen LogP) is 0.962. The average molecular weight is 355 g/mol. The lowest BCUT2D eigenvalue weighted by atomic mass is 10.1. The fourth-order valence-corrected chi connectivity index (χ4v) is 3.74. The Balaban J connectivity index is 1.65. The van der Waals surface area contributed by atoms with Crippen LogP contribution in [-0.2, 0) is 4.79 Å². The van der Waals surface area contributed by atoms with Crippen LogP contribution in [0, 0.1) is 0 Å². The number of carbonyl (C=O) groups excluding carboxylic acids is 2. The van der Waals surface area contributed by atoms with Crippen LogP contribution in [0.15, 0.2) is 41.9 Å². The highest BCUT2D eigenvalue weighted by atomic mass is 16.5. The minimum Gasteiger partial charge on any atom is -0.497 e. The van der Waals surface area contributed by atoms with Gasteiger partial charge in [0, 0.05) is 32.4 Å². The van der Waals surface area contributed by atoms with Crippen molar-refractivity contribution in [3.05, 3.63) is 36.9 Å². The van der Waals surface area contributed by atoms with E-state index in [0.717, 1.165) is 23.9 Å². The summed E-state index contributed by atoms with van der Waals surface area (Å²) in [5, 5.41) is 0. The van der Waals surface area contributed by atoms with Gasteiger partial charge < -0.3 is 19.4 Å². The van der Waals surface area contributed by atoms with Crippen molar-refractivity contribution in [2.24, 2.45) is 4.99 Å². The van der Waals surface area contributed by atoms with Crippen molar-refractivity contribution in [3.8, 4) is 5.75 Å². The van der Waals surface area contributed by atoms with E-state index in [1.165, 1.54) is 9.80 Å². The Labute approximate surface area is 151 Å². The van der Waals surface area contributed by atoms with E-state index in [-0.39, 0.29) is 18.5 Å². The number of nitrogens with zero attached hydrogens (tertiary/aromatic N) is 5. The van der Waals surface area contributed by atoms with Gasteiger partial charge in [-0.1, -0.05) is 6.08 Å². The zero-order chi connectivity index (χ0) is 18.4. The number of rotatable bonds is 4. The van der Waals surface area contributed by atoms with Crippen LogP contribution in [0.2, 0.25) is 0 Å². The number of fused-ring (bicyclic) bond motifs is 3. The minimum absolute atomic E-state index is 0.205. The predicted molar refractivity (Wildman–Crippen MR) is 97.1 cm³/mol. The van der Waals surface area contributed by atoms with Crippen LogP contribution in [0.25, 0.3) is 0 Å². The largest absolute Gasteiger partial charge is 0.497 e. The normalized spacial score (nSPS) is 24.6. The van der Waals surface area contributed by atoms with Gasteiger partial charge in [0.05, 0.1) is 7.11 Å². The number of urea groups is 1. The summed E-state index contributed by atoms with van der Waals surface area (Å²) in [5.41, 5.74) is 0.982. The average Bonchev–Trinajstić information content (AvgIpc) is 3.23. The molecule has 0 spiro atoms. The molecule has 2 atom stereocenters. The first kappa shape index (κ1) is 16.4. The van der Waals surface area contributed by atoms with Crippen molar-refractivity contribution in [2.45, 2.75) is 12.2 Å². The summed E-state index contributed by atoms with van der Waals surface area (Å²) in [4.78, 5) is 36.9. The first-order valence-electron chi connectivity index (χ1n) is 8.52. The van der Waals surface area contributed by atoms with Gasteiger partial charge in [0.25, 0.3) is 5.91 Å². The molecule has 26 heavy (non-hydrogen) atoms. The number of guanidine groups is 1. The van der Waals surface area contributed by atoms with Crippen molar-refractivity contribution in [2.75, 3.05) is 38.7 Å². The number of hydrogen-bond acceptors (Lipinski definition) is 6. The molecule has 8 heteroatoms. The Morgan fingerprint density at radius 1 is 1.27 bits per heavy atom. The molecule has 0 radical (unpaired) electrons. The lowest BCUT2D eigenvalue weighted by molar-refractivity contribution is -0.136. The molecule has 0 aromatic heterocycles. The van der Waals surface area contributed by atoms with E-state index < -0.39 is 12.2 Å². The van der Waals surface area contributed by atoms with Gasteiger partial charge in [-0.15, -0.1) is 6.58 Å². The number of amides is 3. The summed E-state index contributed by atoms with van der Waals surface area (Å²) < 4.78 is 5.21. The highest BCUT2D eigenvalue weighted by Crippen LogP contribution is 2.33. The Kier molecular flexibility index (Phi) is 3.82. The zero-order valence-electron chi connectivity index (χ0n) is 14.8. The quantitative estimate of drug-likeness (QED) is 0.753. The molecule has 0 aliphatic carbocycles. The number of imide groups is 1. The fourth-order valence-electron chi connectivity index (χ4n) is 3.74. The van der Waals surface area contributed by atoms with Crippen LogP contribution in [-0.4, -0.2) is 78.6 Å². The van der Waals surface area contributed by atoms with Gasteiger partial charge in [-0.2, -0.15) is 0 Å². The summed E-state index contributed by atoms with van der Waals surface area (Å²) in [6.07, 6.45) is 1.07. The van der Waals surface area contributed by atoms with Crippen molar-refractivity contribution in [3.63, 3.8) is 0 Å². The van der Waals surface area contributed by atoms with E-state index in [1.807, 2.05) is 29.2 Å². The third-order valence-electron chi connectivity index (χ3n) is 5.07. The number of carbonyl (C=O) groups is 2. The molecule has 1 aromatic rings. The first-order chi connectivity index (χ1) is 12.6. The SMILES string of the molecule is C=CCN1C(=O)C2C(N=C3N(c4ccc(OC)cc4)CCN32)N(C)C1=O. The fraction of sp³-hybridized carbons (Fsp3) is 0.389.